The third-order valence-corrected chi connectivity index (χ3v) is 3.43. The van der Waals surface area contributed by atoms with Crippen LogP contribution in [0.3, 0.4) is 0 Å². The van der Waals surface area contributed by atoms with Gasteiger partial charge in [-0.25, -0.2) is 0 Å². The number of nitrogens with zero attached hydrogens (tertiary/aromatic N) is 2. The molecule has 3 nitrogen and oxygen atoms in total. The van der Waals surface area contributed by atoms with E-state index in [9.17, 15) is 5.11 Å². The molecule has 0 atom stereocenters. The molecule has 0 amide bonds. The van der Waals surface area contributed by atoms with E-state index in [1.54, 1.807) is 0 Å². The van der Waals surface area contributed by atoms with Crippen LogP contribution in [0.4, 0.5) is 5.69 Å². The van der Waals surface area contributed by atoms with Gasteiger partial charge in [-0.1, -0.05) is 6.07 Å². The summed E-state index contributed by atoms with van der Waals surface area (Å²) in [5.41, 5.74) is 2.88. The number of nitriles is 1. The normalized spacial score (nSPS) is 22.7. The fourth-order valence-corrected chi connectivity index (χ4v) is 2.39. The van der Waals surface area contributed by atoms with Gasteiger partial charge in [0.1, 0.15) is 6.07 Å². The van der Waals surface area contributed by atoms with E-state index < -0.39 is 0 Å². The van der Waals surface area contributed by atoms with Crippen molar-refractivity contribution < 1.29 is 5.11 Å². The number of anilines is 1. The van der Waals surface area contributed by atoms with Crippen molar-refractivity contribution >= 4 is 5.69 Å². The molecule has 1 aliphatic rings. The maximum absolute atomic E-state index is 9.28. The lowest BCUT2D eigenvalue weighted by molar-refractivity contribution is 0.0465. The maximum Gasteiger partial charge on any atom is 0.101 e. The number of aliphatic hydroxyl groups is 1. The minimum Gasteiger partial charge on any atom is -0.393 e. The average molecular weight is 230 g/mol. The Kier molecular flexibility index (Phi) is 3.35. The molecular weight excluding hydrogens is 212 g/mol. The van der Waals surface area contributed by atoms with Gasteiger partial charge in [0.2, 0.25) is 0 Å². The van der Waals surface area contributed by atoms with Crippen LogP contribution in [0.25, 0.3) is 0 Å². The number of aliphatic hydroxyl groups excluding tert-OH is 1. The maximum atomic E-state index is 9.28. The highest BCUT2D eigenvalue weighted by Gasteiger charge is 2.28. The highest BCUT2D eigenvalue weighted by atomic mass is 16.3. The SMILES string of the molecule is Cc1ccc(C#N)c(N(C)CC2CC(O)C2)c1. The number of hydrogen-bond acceptors (Lipinski definition) is 3. The smallest absolute Gasteiger partial charge is 0.101 e. The first-order chi connectivity index (χ1) is 8.10. The number of benzene rings is 1. The Morgan fingerprint density at radius 2 is 2.18 bits per heavy atom. The van der Waals surface area contributed by atoms with Gasteiger partial charge in [0.15, 0.2) is 0 Å². The van der Waals surface area contributed by atoms with Gasteiger partial charge in [-0.3, -0.25) is 0 Å². The summed E-state index contributed by atoms with van der Waals surface area (Å²) < 4.78 is 0. The van der Waals surface area contributed by atoms with Gasteiger partial charge in [-0.15, -0.1) is 0 Å². The second kappa shape index (κ2) is 4.77. The summed E-state index contributed by atoms with van der Waals surface area (Å²) in [6, 6.07) is 8.11. The zero-order chi connectivity index (χ0) is 12.4. The summed E-state index contributed by atoms with van der Waals surface area (Å²) in [6.45, 7) is 2.95. The average Bonchev–Trinajstić information content (AvgIpc) is 2.27. The zero-order valence-electron chi connectivity index (χ0n) is 10.3. The Morgan fingerprint density at radius 3 is 2.76 bits per heavy atom. The topological polar surface area (TPSA) is 47.3 Å². The molecule has 0 saturated heterocycles. The van der Waals surface area contributed by atoms with E-state index in [2.05, 4.69) is 11.0 Å². The largest absolute Gasteiger partial charge is 0.393 e. The van der Waals surface area contributed by atoms with E-state index in [4.69, 9.17) is 5.26 Å². The van der Waals surface area contributed by atoms with Crippen LogP contribution in [0.1, 0.15) is 24.0 Å². The summed E-state index contributed by atoms with van der Waals surface area (Å²) >= 11 is 0. The van der Waals surface area contributed by atoms with Crippen molar-refractivity contribution in [3.63, 3.8) is 0 Å². The summed E-state index contributed by atoms with van der Waals surface area (Å²) in [7, 11) is 2.01. The van der Waals surface area contributed by atoms with Crippen LogP contribution < -0.4 is 4.90 Å². The Balaban J connectivity index is 2.10. The third kappa shape index (κ3) is 2.59. The first kappa shape index (κ1) is 11.9. The van der Waals surface area contributed by atoms with E-state index >= 15 is 0 Å². The van der Waals surface area contributed by atoms with Gasteiger partial charge in [-0.2, -0.15) is 5.26 Å². The van der Waals surface area contributed by atoms with E-state index in [0.717, 1.165) is 30.6 Å². The van der Waals surface area contributed by atoms with Crippen molar-refractivity contribution in [1.29, 1.82) is 5.26 Å². The fraction of sp³-hybridized carbons (Fsp3) is 0.500. The molecule has 0 radical (unpaired) electrons. The molecule has 3 heteroatoms. The zero-order valence-corrected chi connectivity index (χ0v) is 10.3. The molecule has 1 fully saturated rings. The van der Waals surface area contributed by atoms with Crippen LogP contribution in [0.5, 0.6) is 0 Å². The molecule has 0 heterocycles. The van der Waals surface area contributed by atoms with E-state index in [1.165, 1.54) is 5.56 Å². The van der Waals surface area contributed by atoms with Crippen molar-refractivity contribution in [3.8, 4) is 6.07 Å². The van der Waals surface area contributed by atoms with Crippen LogP contribution in [-0.4, -0.2) is 24.8 Å². The molecule has 1 aromatic rings. The summed E-state index contributed by atoms with van der Waals surface area (Å²) in [6.07, 6.45) is 1.66. The molecule has 0 aromatic heterocycles. The van der Waals surface area contributed by atoms with Crippen molar-refractivity contribution in [1.82, 2.24) is 0 Å². The van der Waals surface area contributed by atoms with Gasteiger partial charge >= 0.3 is 0 Å². The van der Waals surface area contributed by atoms with Gasteiger partial charge < -0.3 is 10.0 Å². The molecule has 1 saturated carbocycles. The Bertz CT molecular complexity index is 444. The number of aryl methyl sites for hydroxylation is 1. The lowest BCUT2D eigenvalue weighted by atomic mass is 9.82. The molecule has 2 rings (SSSR count). The molecule has 17 heavy (non-hydrogen) atoms. The first-order valence-corrected chi connectivity index (χ1v) is 6.00. The summed E-state index contributed by atoms with van der Waals surface area (Å²) in [5.74, 6) is 0.557. The summed E-state index contributed by atoms with van der Waals surface area (Å²) in [5, 5.41) is 18.4. The Labute approximate surface area is 102 Å². The molecule has 0 spiro atoms. The Morgan fingerprint density at radius 1 is 1.47 bits per heavy atom. The third-order valence-electron chi connectivity index (χ3n) is 3.43. The standard InChI is InChI=1S/C14H18N2O/c1-10-3-4-12(8-15)14(5-10)16(2)9-11-6-13(17)7-11/h3-5,11,13,17H,6-7,9H2,1-2H3. The minimum atomic E-state index is -0.110. The van der Waals surface area contributed by atoms with Crippen molar-refractivity contribution in [2.75, 3.05) is 18.5 Å². The van der Waals surface area contributed by atoms with Crippen molar-refractivity contribution in [2.45, 2.75) is 25.9 Å². The lowest BCUT2D eigenvalue weighted by Crippen LogP contribution is -2.37. The van der Waals surface area contributed by atoms with Crippen LogP contribution in [-0.2, 0) is 0 Å². The van der Waals surface area contributed by atoms with E-state index in [0.29, 0.717) is 5.92 Å². The Hall–Kier alpha value is -1.53. The second-order valence-corrected chi connectivity index (χ2v) is 5.00. The molecule has 90 valence electrons. The highest BCUT2D eigenvalue weighted by molar-refractivity contribution is 5.60. The fourth-order valence-electron chi connectivity index (χ4n) is 2.39. The quantitative estimate of drug-likeness (QED) is 0.864. The molecule has 1 aromatic carbocycles. The van der Waals surface area contributed by atoms with E-state index in [1.807, 2.05) is 32.2 Å². The van der Waals surface area contributed by atoms with Crippen molar-refractivity contribution in [2.24, 2.45) is 5.92 Å². The predicted octanol–water partition coefficient (Wildman–Crippen LogP) is 2.07. The van der Waals surface area contributed by atoms with Gasteiger partial charge in [0.25, 0.3) is 0 Å². The van der Waals surface area contributed by atoms with Crippen LogP contribution >= 0.6 is 0 Å². The number of rotatable bonds is 3. The molecule has 0 aliphatic heterocycles. The predicted molar refractivity (Wildman–Crippen MR) is 67.9 cm³/mol. The molecule has 1 aliphatic carbocycles. The molecule has 0 bridgehead atoms. The highest BCUT2D eigenvalue weighted by Crippen LogP contribution is 2.30. The number of hydrogen-bond donors (Lipinski definition) is 1. The minimum absolute atomic E-state index is 0.110. The van der Waals surface area contributed by atoms with Crippen LogP contribution in [0, 0.1) is 24.2 Å². The van der Waals surface area contributed by atoms with Gasteiger partial charge in [0.05, 0.1) is 17.4 Å². The van der Waals surface area contributed by atoms with Crippen LogP contribution in [0.2, 0.25) is 0 Å². The monoisotopic (exact) mass is 230 g/mol. The van der Waals surface area contributed by atoms with Crippen LogP contribution in [0.15, 0.2) is 18.2 Å². The molecular formula is C14H18N2O. The second-order valence-electron chi connectivity index (χ2n) is 5.00. The molecule has 0 unspecified atom stereocenters. The van der Waals surface area contributed by atoms with Gasteiger partial charge in [0, 0.05) is 13.6 Å². The van der Waals surface area contributed by atoms with Gasteiger partial charge in [-0.05, 0) is 43.4 Å². The summed E-state index contributed by atoms with van der Waals surface area (Å²) in [4.78, 5) is 2.13. The first-order valence-electron chi connectivity index (χ1n) is 6.00. The lowest BCUT2D eigenvalue weighted by Gasteiger charge is -2.35. The van der Waals surface area contributed by atoms with E-state index in [-0.39, 0.29) is 6.10 Å². The molecule has 1 N–H and O–H groups in total. The van der Waals surface area contributed by atoms with Crippen molar-refractivity contribution in [3.05, 3.63) is 29.3 Å².